The SMILES string of the molecule is CC(=O)N(C)c1cc(N2CCC(CN3CCC4(CC3)CN(C(=O)OCC3CCC5CCCN53)C4)CC2)ccc1C. The first-order valence-corrected chi connectivity index (χ1v) is 15.8. The Kier molecular flexibility index (Phi) is 8.01. The van der Waals surface area contributed by atoms with Gasteiger partial charge in [-0.15, -0.1) is 0 Å². The number of aryl methyl sites for hydroxylation is 1. The lowest BCUT2D eigenvalue weighted by molar-refractivity contribution is -0.116. The van der Waals surface area contributed by atoms with Crippen LogP contribution in [0, 0.1) is 18.3 Å². The van der Waals surface area contributed by atoms with Crippen LogP contribution in [-0.4, -0.2) is 105 Å². The summed E-state index contributed by atoms with van der Waals surface area (Å²) in [6.07, 6.45) is 9.82. The van der Waals surface area contributed by atoms with E-state index in [4.69, 9.17) is 4.74 Å². The fourth-order valence-electron chi connectivity index (χ4n) is 8.12. The number of likely N-dealkylation sites (tertiary alicyclic amines) is 2. The van der Waals surface area contributed by atoms with Crippen molar-refractivity contribution < 1.29 is 14.3 Å². The molecule has 5 fully saturated rings. The molecular formula is C32H49N5O3. The van der Waals surface area contributed by atoms with E-state index < -0.39 is 0 Å². The van der Waals surface area contributed by atoms with Gasteiger partial charge in [0.25, 0.3) is 0 Å². The fraction of sp³-hybridized carbons (Fsp3) is 0.750. The van der Waals surface area contributed by atoms with Crippen molar-refractivity contribution in [1.29, 1.82) is 0 Å². The van der Waals surface area contributed by atoms with E-state index in [0.717, 1.165) is 62.5 Å². The minimum atomic E-state index is -0.0869. The number of anilines is 2. The minimum Gasteiger partial charge on any atom is -0.448 e. The molecule has 2 atom stereocenters. The lowest BCUT2D eigenvalue weighted by Crippen LogP contribution is -2.62. The highest BCUT2D eigenvalue weighted by atomic mass is 16.6. The van der Waals surface area contributed by atoms with Gasteiger partial charge in [-0.25, -0.2) is 4.79 Å². The Morgan fingerprint density at radius 3 is 2.48 bits per heavy atom. The van der Waals surface area contributed by atoms with Gasteiger partial charge >= 0.3 is 6.09 Å². The smallest absolute Gasteiger partial charge is 0.409 e. The molecule has 6 rings (SSSR count). The molecular weight excluding hydrogens is 502 g/mol. The molecule has 0 N–H and O–H groups in total. The number of ether oxygens (including phenoxy) is 1. The zero-order valence-corrected chi connectivity index (χ0v) is 24.9. The molecule has 5 heterocycles. The van der Waals surface area contributed by atoms with Gasteiger partial charge in [0.15, 0.2) is 0 Å². The van der Waals surface area contributed by atoms with Crippen LogP contribution in [0.15, 0.2) is 18.2 Å². The molecule has 1 aromatic rings. The number of rotatable bonds is 6. The van der Waals surface area contributed by atoms with Gasteiger partial charge in [0.1, 0.15) is 6.61 Å². The lowest BCUT2D eigenvalue weighted by Gasteiger charge is -2.53. The summed E-state index contributed by atoms with van der Waals surface area (Å²) in [6.45, 7) is 12.9. The van der Waals surface area contributed by atoms with Crippen LogP contribution >= 0.6 is 0 Å². The van der Waals surface area contributed by atoms with Gasteiger partial charge in [-0.2, -0.15) is 0 Å². The molecule has 8 nitrogen and oxygen atoms in total. The van der Waals surface area contributed by atoms with E-state index in [1.807, 2.05) is 11.9 Å². The number of carbonyl (C=O) groups excluding carboxylic acids is 2. The van der Waals surface area contributed by atoms with Crippen molar-refractivity contribution >= 4 is 23.4 Å². The maximum atomic E-state index is 12.7. The lowest BCUT2D eigenvalue weighted by atomic mass is 9.72. The van der Waals surface area contributed by atoms with Gasteiger partial charge in [0.2, 0.25) is 5.91 Å². The third-order valence-corrected chi connectivity index (χ3v) is 10.9. The number of hydrogen-bond acceptors (Lipinski definition) is 6. The Hall–Kier alpha value is -2.32. The van der Waals surface area contributed by atoms with Crippen molar-refractivity contribution in [3.8, 4) is 0 Å². The summed E-state index contributed by atoms with van der Waals surface area (Å²) in [6, 6.07) is 7.71. The van der Waals surface area contributed by atoms with E-state index >= 15 is 0 Å². The molecule has 5 saturated heterocycles. The van der Waals surface area contributed by atoms with Crippen molar-refractivity contribution in [2.75, 3.05) is 75.8 Å². The molecule has 1 spiro atoms. The van der Waals surface area contributed by atoms with Crippen molar-refractivity contribution in [1.82, 2.24) is 14.7 Å². The van der Waals surface area contributed by atoms with E-state index in [1.54, 1.807) is 11.8 Å². The first kappa shape index (κ1) is 27.8. The average molecular weight is 552 g/mol. The van der Waals surface area contributed by atoms with E-state index in [1.165, 1.54) is 70.1 Å². The van der Waals surface area contributed by atoms with Gasteiger partial charge in [0, 0.05) is 75.6 Å². The molecule has 220 valence electrons. The average Bonchev–Trinajstić information content (AvgIpc) is 3.56. The number of nitrogens with zero attached hydrogens (tertiary/aromatic N) is 5. The summed E-state index contributed by atoms with van der Waals surface area (Å²) in [5, 5.41) is 0. The molecule has 0 bridgehead atoms. The molecule has 0 radical (unpaired) electrons. The third kappa shape index (κ3) is 5.71. The first-order chi connectivity index (χ1) is 19.3. The van der Waals surface area contributed by atoms with Gasteiger partial charge < -0.3 is 24.3 Å². The Morgan fingerprint density at radius 2 is 1.75 bits per heavy atom. The van der Waals surface area contributed by atoms with E-state index in [-0.39, 0.29) is 12.0 Å². The second-order valence-corrected chi connectivity index (χ2v) is 13.5. The Bertz CT molecular complexity index is 1070. The number of piperidine rings is 2. The van der Waals surface area contributed by atoms with Crippen LogP contribution in [0.5, 0.6) is 0 Å². The summed E-state index contributed by atoms with van der Waals surface area (Å²) in [5.74, 6) is 0.810. The minimum absolute atomic E-state index is 0.0660. The summed E-state index contributed by atoms with van der Waals surface area (Å²) in [7, 11) is 1.86. The zero-order valence-electron chi connectivity index (χ0n) is 24.9. The number of hydrogen-bond donors (Lipinski definition) is 0. The first-order valence-electron chi connectivity index (χ1n) is 15.8. The highest BCUT2D eigenvalue weighted by Gasteiger charge is 2.47. The Balaban J connectivity index is 0.901. The highest BCUT2D eigenvalue weighted by Crippen LogP contribution is 2.41. The monoisotopic (exact) mass is 551 g/mol. The van der Waals surface area contributed by atoms with Crippen LogP contribution in [0.2, 0.25) is 0 Å². The number of amides is 2. The van der Waals surface area contributed by atoms with Crippen molar-refractivity contribution in [3.05, 3.63) is 23.8 Å². The number of benzene rings is 1. The van der Waals surface area contributed by atoms with E-state index in [9.17, 15) is 9.59 Å². The van der Waals surface area contributed by atoms with Gasteiger partial charge in [-0.05, 0) is 102 Å². The Morgan fingerprint density at radius 1 is 1.00 bits per heavy atom. The molecule has 40 heavy (non-hydrogen) atoms. The van der Waals surface area contributed by atoms with Gasteiger partial charge in [-0.3, -0.25) is 9.69 Å². The maximum Gasteiger partial charge on any atom is 0.409 e. The summed E-state index contributed by atoms with van der Waals surface area (Å²) >= 11 is 0. The molecule has 0 saturated carbocycles. The topological polar surface area (TPSA) is 59.6 Å². The summed E-state index contributed by atoms with van der Waals surface area (Å²) in [5.41, 5.74) is 3.69. The molecule has 8 heteroatoms. The second kappa shape index (κ2) is 11.5. The standard InChI is InChI=1S/C32H49N5O3/c1-24-6-7-28(19-30(24)33(3)25(2)38)35-15-10-26(11-16-35)20-34-17-12-32(13-18-34)22-36(23-32)31(39)40-21-29-9-8-27-5-4-14-37(27)29/h6-7,19,26-27,29H,4-5,8-18,20-23H2,1-3H3. The van der Waals surface area contributed by atoms with E-state index in [2.05, 4.69) is 39.8 Å². The van der Waals surface area contributed by atoms with Crippen LogP contribution in [0.3, 0.4) is 0 Å². The summed E-state index contributed by atoms with van der Waals surface area (Å²) in [4.78, 5) is 36.1. The van der Waals surface area contributed by atoms with Gasteiger partial charge in [0.05, 0.1) is 0 Å². The Labute approximate surface area is 240 Å². The van der Waals surface area contributed by atoms with Crippen LogP contribution < -0.4 is 9.80 Å². The second-order valence-electron chi connectivity index (χ2n) is 13.5. The number of fused-ring (bicyclic) bond motifs is 1. The predicted molar refractivity (Wildman–Crippen MR) is 159 cm³/mol. The van der Waals surface area contributed by atoms with Crippen LogP contribution in [-0.2, 0) is 9.53 Å². The molecule has 1 aromatic carbocycles. The van der Waals surface area contributed by atoms with Crippen molar-refractivity contribution in [2.45, 2.75) is 77.3 Å². The van der Waals surface area contributed by atoms with E-state index in [0.29, 0.717) is 18.1 Å². The van der Waals surface area contributed by atoms with Crippen molar-refractivity contribution in [3.63, 3.8) is 0 Å². The predicted octanol–water partition coefficient (Wildman–Crippen LogP) is 4.36. The molecule has 2 unspecified atom stereocenters. The molecule has 2 amide bonds. The van der Waals surface area contributed by atoms with Crippen LogP contribution in [0.25, 0.3) is 0 Å². The van der Waals surface area contributed by atoms with Crippen LogP contribution in [0.1, 0.15) is 63.9 Å². The molecule has 5 aliphatic rings. The molecule has 0 aromatic heterocycles. The largest absolute Gasteiger partial charge is 0.448 e. The summed E-state index contributed by atoms with van der Waals surface area (Å²) < 4.78 is 5.78. The maximum absolute atomic E-state index is 12.7. The molecule has 0 aliphatic carbocycles. The van der Waals surface area contributed by atoms with Gasteiger partial charge in [-0.1, -0.05) is 6.07 Å². The quantitative estimate of drug-likeness (QED) is 0.524. The zero-order chi connectivity index (χ0) is 27.9. The number of carbonyl (C=O) groups is 2. The highest BCUT2D eigenvalue weighted by molar-refractivity contribution is 5.92. The van der Waals surface area contributed by atoms with Crippen LogP contribution in [0.4, 0.5) is 16.2 Å². The third-order valence-electron chi connectivity index (χ3n) is 10.9. The normalized spacial score (nSPS) is 27.1. The van der Waals surface area contributed by atoms with Crippen molar-refractivity contribution in [2.24, 2.45) is 11.3 Å². The molecule has 5 aliphatic heterocycles. The fourth-order valence-corrected chi connectivity index (χ4v) is 8.12.